The Morgan fingerprint density at radius 2 is 0.564 bits per heavy atom. The highest BCUT2D eigenvalue weighted by Gasteiger charge is 2.20. The van der Waals surface area contributed by atoms with Crippen LogP contribution >= 0.6 is 0 Å². The van der Waals surface area contributed by atoms with E-state index in [0.717, 1.165) is 57.8 Å². The Labute approximate surface area is 489 Å². The molecule has 0 aliphatic heterocycles. The van der Waals surface area contributed by atoms with E-state index in [9.17, 15) is 15.0 Å². The fourth-order valence-electron chi connectivity index (χ4n) is 11.2. The molecule has 0 aromatic carbocycles. The fraction of sp³-hybridized carbons (Fsp3) is 0.851. The van der Waals surface area contributed by atoms with Crippen LogP contribution in [0.2, 0.25) is 0 Å². The lowest BCUT2D eigenvalue weighted by atomic mass is 10.0. The Morgan fingerprint density at radius 1 is 0.321 bits per heavy atom. The van der Waals surface area contributed by atoms with Gasteiger partial charge in [-0.05, 0) is 57.8 Å². The molecule has 0 radical (unpaired) electrons. The van der Waals surface area contributed by atoms with E-state index in [1.165, 1.54) is 302 Å². The molecule has 2 unspecified atom stereocenters. The van der Waals surface area contributed by atoms with Crippen LogP contribution in [0.5, 0.6) is 0 Å². The molecule has 0 aromatic heterocycles. The van der Waals surface area contributed by atoms with Gasteiger partial charge in [0.25, 0.3) is 0 Å². The maximum Gasteiger partial charge on any atom is 0.220 e. The highest BCUT2D eigenvalue weighted by molar-refractivity contribution is 5.76. The lowest BCUT2D eigenvalue weighted by Crippen LogP contribution is -2.45. The number of aliphatic hydroxyl groups excluding tert-OH is 2. The Bertz CT molecular complexity index is 1280. The predicted molar refractivity (Wildman–Crippen MR) is 350 cm³/mol. The minimum absolute atomic E-state index is 0.0233. The Morgan fingerprint density at radius 3 is 0.846 bits per heavy atom. The van der Waals surface area contributed by atoms with Crippen LogP contribution in [0.1, 0.15) is 386 Å². The predicted octanol–water partition coefficient (Wildman–Crippen LogP) is 24.3. The largest absolute Gasteiger partial charge is 0.394 e. The number of allylic oxidation sites excluding steroid dienone is 10. The van der Waals surface area contributed by atoms with Crippen molar-refractivity contribution in [3.05, 3.63) is 60.8 Å². The highest BCUT2D eigenvalue weighted by atomic mass is 16.3. The summed E-state index contributed by atoms with van der Waals surface area (Å²) < 4.78 is 0. The molecule has 0 heterocycles. The van der Waals surface area contributed by atoms with E-state index in [4.69, 9.17) is 0 Å². The van der Waals surface area contributed by atoms with E-state index < -0.39 is 12.1 Å². The van der Waals surface area contributed by atoms with E-state index in [2.05, 4.69) is 79.9 Å². The molecule has 0 aromatic rings. The van der Waals surface area contributed by atoms with Crippen molar-refractivity contribution in [1.29, 1.82) is 0 Å². The van der Waals surface area contributed by atoms with Crippen LogP contribution in [0.4, 0.5) is 0 Å². The van der Waals surface area contributed by atoms with E-state index in [1.807, 2.05) is 0 Å². The molecule has 0 rings (SSSR count). The summed E-state index contributed by atoms with van der Waals surface area (Å²) >= 11 is 0. The van der Waals surface area contributed by atoms with E-state index in [1.54, 1.807) is 0 Å². The number of hydrogen-bond acceptors (Lipinski definition) is 3. The number of carbonyl (C=O) groups excluding carboxylic acids is 1. The van der Waals surface area contributed by atoms with Crippen molar-refractivity contribution in [1.82, 2.24) is 5.32 Å². The lowest BCUT2D eigenvalue weighted by molar-refractivity contribution is -0.123. The van der Waals surface area contributed by atoms with Crippen LogP contribution in [0, 0.1) is 0 Å². The first kappa shape index (κ1) is 76.1. The summed E-state index contributed by atoms with van der Waals surface area (Å²) in [5.41, 5.74) is 0. The standard InChI is InChI=1S/C74H139NO3/c1-3-5-7-9-11-13-15-17-19-21-23-25-27-29-31-32-33-34-35-36-37-38-39-40-41-42-44-46-48-50-52-54-56-58-60-62-64-66-68-70-74(78)75-72(71-76)73(77)69-67-65-63-61-59-57-55-53-51-49-47-45-43-30-28-26-24-22-20-18-16-14-12-10-8-6-4-2/h5,7,11,13,17,19,23,25,29,31,72-73,76-77H,3-4,6,8-10,12,14-16,18,20-22,24,26-28,30,32-71H2,1-2H3,(H,75,78)/b7-5-,13-11-,19-17-,25-23-,31-29-. The second kappa shape index (κ2) is 69.4. The van der Waals surface area contributed by atoms with Crippen LogP contribution in [0.3, 0.4) is 0 Å². The third-order valence-electron chi connectivity index (χ3n) is 16.5. The third kappa shape index (κ3) is 64.9. The van der Waals surface area contributed by atoms with Crippen LogP contribution in [-0.4, -0.2) is 34.9 Å². The smallest absolute Gasteiger partial charge is 0.220 e. The fourth-order valence-corrected chi connectivity index (χ4v) is 11.2. The van der Waals surface area contributed by atoms with E-state index >= 15 is 0 Å². The maximum absolute atomic E-state index is 12.6. The van der Waals surface area contributed by atoms with Crippen molar-refractivity contribution in [2.24, 2.45) is 0 Å². The zero-order valence-electron chi connectivity index (χ0n) is 53.0. The van der Waals surface area contributed by atoms with Gasteiger partial charge in [0.05, 0.1) is 18.8 Å². The van der Waals surface area contributed by atoms with Gasteiger partial charge in [-0.25, -0.2) is 0 Å². The highest BCUT2D eigenvalue weighted by Crippen LogP contribution is 2.19. The molecule has 4 heteroatoms. The summed E-state index contributed by atoms with van der Waals surface area (Å²) in [6.45, 7) is 4.29. The quantitative estimate of drug-likeness (QED) is 0.0420. The van der Waals surface area contributed by atoms with Crippen molar-refractivity contribution in [3.8, 4) is 0 Å². The second-order valence-corrected chi connectivity index (χ2v) is 24.3. The minimum atomic E-state index is -0.661. The van der Waals surface area contributed by atoms with E-state index in [-0.39, 0.29) is 12.5 Å². The van der Waals surface area contributed by atoms with Gasteiger partial charge in [-0.2, -0.15) is 0 Å². The Kier molecular flexibility index (Phi) is 67.7. The molecule has 78 heavy (non-hydrogen) atoms. The normalized spacial score (nSPS) is 13.0. The zero-order chi connectivity index (χ0) is 56.2. The molecule has 0 saturated carbocycles. The minimum Gasteiger partial charge on any atom is -0.394 e. The molecule has 0 aliphatic carbocycles. The first-order chi connectivity index (χ1) is 38.7. The van der Waals surface area contributed by atoms with Crippen molar-refractivity contribution in [2.75, 3.05) is 6.61 Å². The number of nitrogens with one attached hydrogen (secondary N) is 1. The maximum atomic E-state index is 12.6. The summed E-state index contributed by atoms with van der Waals surface area (Å²) in [6, 6.07) is -0.537. The molecular weight excluding hydrogens is 951 g/mol. The second-order valence-electron chi connectivity index (χ2n) is 24.3. The molecule has 0 saturated heterocycles. The molecule has 3 N–H and O–H groups in total. The lowest BCUT2D eigenvalue weighted by Gasteiger charge is -2.22. The average Bonchev–Trinajstić information content (AvgIpc) is 3.44. The molecule has 2 atom stereocenters. The van der Waals surface area contributed by atoms with Gasteiger partial charge >= 0.3 is 0 Å². The summed E-state index contributed by atoms with van der Waals surface area (Å²) in [6.07, 6.45) is 98.6. The van der Waals surface area contributed by atoms with Crippen LogP contribution in [0.25, 0.3) is 0 Å². The van der Waals surface area contributed by atoms with Gasteiger partial charge < -0.3 is 15.5 Å². The summed E-state index contributed by atoms with van der Waals surface area (Å²) in [5, 5.41) is 23.5. The zero-order valence-corrected chi connectivity index (χ0v) is 53.0. The third-order valence-corrected chi connectivity index (χ3v) is 16.5. The van der Waals surface area contributed by atoms with Gasteiger partial charge in [-0.15, -0.1) is 0 Å². The molecule has 458 valence electrons. The van der Waals surface area contributed by atoms with Crippen molar-refractivity contribution < 1.29 is 15.0 Å². The Hall–Kier alpha value is -1.91. The van der Waals surface area contributed by atoms with Crippen molar-refractivity contribution >= 4 is 5.91 Å². The number of carbonyl (C=O) groups is 1. The van der Waals surface area contributed by atoms with Crippen molar-refractivity contribution in [2.45, 2.75) is 398 Å². The molecule has 0 fully saturated rings. The number of hydrogen-bond donors (Lipinski definition) is 3. The molecule has 4 nitrogen and oxygen atoms in total. The number of amides is 1. The van der Waals surface area contributed by atoms with Crippen LogP contribution in [0.15, 0.2) is 60.8 Å². The van der Waals surface area contributed by atoms with Gasteiger partial charge in [0.1, 0.15) is 0 Å². The first-order valence-corrected chi connectivity index (χ1v) is 35.5. The number of aliphatic hydroxyl groups is 2. The van der Waals surface area contributed by atoms with Gasteiger partial charge in [-0.1, -0.05) is 383 Å². The number of rotatable bonds is 66. The molecule has 1 amide bonds. The van der Waals surface area contributed by atoms with Gasteiger partial charge in [0, 0.05) is 6.42 Å². The SMILES string of the molecule is CC/C=C\C/C=C\C/C=C\C/C=C\C/C=C\CCCCCCCCCCCCCCCCCCCCCCCCCC(=O)NC(CO)C(O)CCCCCCCCCCCCCCCCCCCCCCCCCCCCC. The first-order valence-electron chi connectivity index (χ1n) is 35.5. The summed E-state index contributed by atoms with van der Waals surface area (Å²) in [4.78, 5) is 12.6. The molecule has 0 aliphatic rings. The molecule has 0 spiro atoms. The van der Waals surface area contributed by atoms with Gasteiger partial charge in [-0.3, -0.25) is 4.79 Å². The molecule has 0 bridgehead atoms. The van der Waals surface area contributed by atoms with Crippen molar-refractivity contribution in [3.63, 3.8) is 0 Å². The van der Waals surface area contributed by atoms with Crippen LogP contribution in [-0.2, 0) is 4.79 Å². The summed E-state index contributed by atoms with van der Waals surface area (Å²) in [7, 11) is 0. The summed E-state index contributed by atoms with van der Waals surface area (Å²) in [5.74, 6) is -0.0233. The monoisotopic (exact) mass is 1090 g/mol. The molecular formula is C74H139NO3. The van der Waals surface area contributed by atoms with Gasteiger partial charge in [0.2, 0.25) is 5.91 Å². The Balaban J connectivity index is 3.39. The number of unbranched alkanes of at least 4 members (excludes halogenated alkanes) is 49. The topological polar surface area (TPSA) is 69.6 Å². The van der Waals surface area contributed by atoms with Crippen LogP contribution < -0.4 is 5.32 Å². The van der Waals surface area contributed by atoms with Gasteiger partial charge in [0.15, 0.2) is 0 Å². The average molecular weight is 1090 g/mol. The van der Waals surface area contributed by atoms with E-state index in [0.29, 0.717) is 12.8 Å².